The van der Waals surface area contributed by atoms with Crippen LogP contribution < -0.4 is 0 Å². The summed E-state index contributed by atoms with van der Waals surface area (Å²) < 4.78 is -0.0534. The summed E-state index contributed by atoms with van der Waals surface area (Å²) in [5.41, 5.74) is 1.27. The molecular formula is C12H19NOS. The van der Waals surface area contributed by atoms with Crippen LogP contribution in [-0.2, 0) is 0 Å². The number of nitrogens with zero attached hydrogens (tertiary/aromatic N) is 1. The smallest absolute Gasteiger partial charge is 0.0854 e. The van der Waals surface area contributed by atoms with Gasteiger partial charge in [0.25, 0.3) is 0 Å². The molecule has 2 rings (SSSR count). The minimum Gasteiger partial charge on any atom is -0.513 e. The van der Waals surface area contributed by atoms with Crippen molar-refractivity contribution >= 4 is 18.3 Å². The monoisotopic (exact) mass is 225 g/mol. The predicted molar refractivity (Wildman–Crippen MR) is 67.0 cm³/mol. The summed E-state index contributed by atoms with van der Waals surface area (Å²) in [6.07, 6.45) is 6.33. The first-order chi connectivity index (χ1) is 7.13. The summed E-state index contributed by atoms with van der Waals surface area (Å²) in [5, 5.41) is 9.34. The number of hydrogen-bond donors (Lipinski definition) is 2. The lowest BCUT2D eigenvalue weighted by Gasteiger charge is -2.43. The van der Waals surface area contributed by atoms with E-state index in [9.17, 15) is 5.11 Å². The van der Waals surface area contributed by atoms with Crippen LogP contribution in [0, 0.1) is 5.92 Å². The molecule has 3 heteroatoms. The Kier molecular flexibility index (Phi) is 3.10. The van der Waals surface area contributed by atoms with E-state index in [0.29, 0.717) is 18.1 Å². The summed E-state index contributed by atoms with van der Waals surface area (Å²) in [7, 11) is 0. The molecule has 1 saturated carbocycles. The van der Waals surface area contributed by atoms with Gasteiger partial charge in [0.1, 0.15) is 0 Å². The van der Waals surface area contributed by atoms with Gasteiger partial charge in [0.2, 0.25) is 0 Å². The SMILES string of the molecule is C=C(O)C[C@@H]1CCCC2=NCCC[C@@]21S. The second-order valence-electron chi connectivity index (χ2n) is 4.72. The zero-order chi connectivity index (χ0) is 10.9. The van der Waals surface area contributed by atoms with Gasteiger partial charge in [-0.2, -0.15) is 12.6 Å². The van der Waals surface area contributed by atoms with Crippen molar-refractivity contribution < 1.29 is 5.11 Å². The molecular weight excluding hydrogens is 206 g/mol. The highest BCUT2D eigenvalue weighted by atomic mass is 32.1. The van der Waals surface area contributed by atoms with E-state index in [2.05, 4.69) is 11.6 Å². The van der Waals surface area contributed by atoms with Crippen molar-refractivity contribution in [3.05, 3.63) is 12.3 Å². The lowest BCUT2D eigenvalue weighted by atomic mass is 9.72. The molecule has 0 aromatic heterocycles. The molecule has 15 heavy (non-hydrogen) atoms. The number of aliphatic hydroxyl groups excluding tert-OH is 1. The fourth-order valence-electron chi connectivity index (χ4n) is 2.89. The van der Waals surface area contributed by atoms with Crippen LogP contribution >= 0.6 is 12.6 Å². The number of aliphatic imine (C=N–C) groups is 1. The Bertz CT molecular complexity index is 300. The van der Waals surface area contributed by atoms with Gasteiger partial charge in [-0.05, 0) is 38.0 Å². The highest BCUT2D eigenvalue weighted by Gasteiger charge is 2.43. The number of fused-ring (bicyclic) bond motifs is 1. The summed E-state index contributed by atoms with van der Waals surface area (Å²) in [6, 6.07) is 0. The van der Waals surface area contributed by atoms with E-state index >= 15 is 0 Å². The normalized spacial score (nSPS) is 35.5. The van der Waals surface area contributed by atoms with E-state index in [1.165, 1.54) is 12.1 Å². The molecule has 1 heterocycles. The van der Waals surface area contributed by atoms with Crippen molar-refractivity contribution in [3.63, 3.8) is 0 Å². The molecule has 84 valence electrons. The maximum Gasteiger partial charge on any atom is 0.0854 e. The fraction of sp³-hybridized carbons (Fsp3) is 0.750. The van der Waals surface area contributed by atoms with E-state index < -0.39 is 0 Å². The summed E-state index contributed by atoms with van der Waals surface area (Å²) >= 11 is 4.86. The van der Waals surface area contributed by atoms with Crippen LogP contribution in [0.4, 0.5) is 0 Å². The number of rotatable bonds is 2. The standard InChI is InChI=1S/C12H19NOS/c1-9(14)8-10-4-2-5-11-12(10,15)6-3-7-13-11/h10,14-15H,1-8H2/t10-,12-/m0/s1. The van der Waals surface area contributed by atoms with E-state index in [4.69, 9.17) is 12.6 Å². The van der Waals surface area contributed by atoms with E-state index in [1.807, 2.05) is 0 Å². The Hall–Kier alpha value is -0.440. The predicted octanol–water partition coefficient (Wildman–Crippen LogP) is 3.15. The molecule has 1 aliphatic carbocycles. The van der Waals surface area contributed by atoms with Crippen LogP contribution in [0.2, 0.25) is 0 Å². The zero-order valence-corrected chi connectivity index (χ0v) is 9.97. The van der Waals surface area contributed by atoms with Crippen molar-refractivity contribution in [1.82, 2.24) is 0 Å². The molecule has 0 spiro atoms. The van der Waals surface area contributed by atoms with Crippen LogP contribution in [0.1, 0.15) is 38.5 Å². The zero-order valence-electron chi connectivity index (χ0n) is 9.08. The molecule has 2 atom stereocenters. The number of thiol groups is 1. The highest BCUT2D eigenvalue weighted by Crippen LogP contribution is 2.44. The minimum absolute atomic E-state index is 0.0534. The second-order valence-corrected chi connectivity index (χ2v) is 5.51. The number of hydrogen-bond acceptors (Lipinski definition) is 3. The maximum absolute atomic E-state index is 9.34. The van der Waals surface area contributed by atoms with Crippen LogP contribution in [-0.4, -0.2) is 22.1 Å². The Labute approximate surface area is 96.9 Å². The summed E-state index contributed by atoms with van der Waals surface area (Å²) in [4.78, 5) is 4.61. The largest absolute Gasteiger partial charge is 0.513 e. The summed E-state index contributed by atoms with van der Waals surface area (Å²) in [5.74, 6) is 0.714. The maximum atomic E-state index is 9.34. The van der Waals surface area contributed by atoms with Crippen molar-refractivity contribution in [2.75, 3.05) is 6.54 Å². The Balaban J connectivity index is 2.20. The molecule has 0 unspecified atom stereocenters. The molecule has 2 nitrogen and oxygen atoms in total. The van der Waals surface area contributed by atoms with Crippen molar-refractivity contribution in [1.29, 1.82) is 0 Å². The van der Waals surface area contributed by atoms with Gasteiger partial charge in [-0.25, -0.2) is 0 Å². The van der Waals surface area contributed by atoms with Crippen LogP contribution in [0.5, 0.6) is 0 Å². The lowest BCUT2D eigenvalue weighted by Crippen LogP contribution is -2.46. The molecule has 0 bridgehead atoms. The molecule has 2 aliphatic rings. The second kappa shape index (κ2) is 4.20. The van der Waals surface area contributed by atoms with Gasteiger partial charge in [-0.3, -0.25) is 4.99 Å². The average molecular weight is 225 g/mol. The minimum atomic E-state index is -0.0534. The first-order valence-corrected chi connectivity index (χ1v) is 6.20. The van der Waals surface area contributed by atoms with E-state index in [0.717, 1.165) is 32.2 Å². The van der Waals surface area contributed by atoms with Gasteiger partial charge < -0.3 is 5.11 Å². The van der Waals surface area contributed by atoms with Crippen LogP contribution in [0.25, 0.3) is 0 Å². The van der Waals surface area contributed by atoms with Gasteiger partial charge >= 0.3 is 0 Å². The Morgan fingerprint density at radius 1 is 1.60 bits per heavy atom. The van der Waals surface area contributed by atoms with Gasteiger partial charge in [0, 0.05) is 18.7 Å². The van der Waals surface area contributed by atoms with Crippen LogP contribution in [0.3, 0.4) is 0 Å². The average Bonchev–Trinajstić information content (AvgIpc) is 2.18. The van der Waals surface area contributed by atoms with Gasteiger partial charge in [0.05, 0.1) is 10.5 Å². The molecule has 0 aromatic carbocycles. The van der Waals surface area contributed by atoms with Crippen molar-refractivity contribution in [3.8, 4) is 0 Å². The molecule has 0 amide bonds. The van der Waals surface area contributed by atoms with Crippen molar-refractivity contribution in [2.45, 2.75) is 43.3 Å². The highest BCUT2D eigenvalue weighted by molar-refractivity contribution is 7.82. The van der Waals surface area contributed by atoms with Gasteiger partial charge in [0.15, 0.2) is 0 Å². The topological polar surface area (TPSA) is 32.6 Å². The molecule has 0 aromatic rings. The third-order valence-electron chi connectivity index (χ3n) is 3.64. The van der Waals surface area contributed by atoms with Gasteiger partial charge in [-0.1, -0.05) is 6.58 Å². The summed E-state index contributed by atoms with van der Waals surface area (Å²) in [6.45, 7) is 4.56. The first kappa shape index (κ1) is 11.1. The van der Waals surface area contributed by atoms with Gasteiger partial charge in [-0.15, -0.1) is 0 Å². The van der Waals surface area contributed by atoms with E-state index in [1.54, 1.807) is 0 Å². The fourth-order valence-corrected chi connectivity index (χ4v) is 3.45. The first-order valence-electron chi connectivity index (χ1n) is 5.76. The molecule has 1 N–H and O–H groups in total. The molecule has 0 saturated heterocycles. The molecule has 1 fully saturated rings. The number of aliphatic hydroxyl groups is 1. The third kappa shape index (κ3) is 2.07. The van der Waals surface area contributed by atoms with Crippen molar-refractivity contribution in [2.24, 2.45) is 10.9 Å². The lowest BCUT2D eigenvalue weighted by molar-refractivity contribution is 0.295. The quantitative estimate of drug-likeness (QED) is 0.549. The van der Waals surface area contributed by atoms with E-state index in [-0.39, 0.29) is 4.75 Å². The Morgan fingerprint density at radius 3 is 3.13 bits per heavy atom. The molecule has 1 aliphatic heterocycles. The molecule has 0 radical (unpaired) electrons. The number of allylic oxidation sites excluding steroid dienone is 1. The third-order valence-corrected chi connectivity index (χ3v) is 4.49. The Morgan fingerprint density at radius 2 is 2.40 bits per heavy atom. The van der Waals surface area contributed by atoms with Crippen LogP contribution in [0.15, 0.2) is 17.3 Å².